The van der Waals surface area contributed by atoms with Crippen molar-refractivity contribution in [3.63, 3.8) is 0 Å². The summed E-state index contributed by atoms with van der Waals surface area (Å²) >= 11 is 0. The van der Waals surface area contributed by atoms with E-state index in [-0.39, 0.29) is 42.0 Å². The number of nitrogens with one attached hydrogen (secondary N) is 1. The van der Waals surface area contributed by atoms with E-state index in [9.17, 15) is 18.0 Å². The molecule has 10 heteroatoms. The molecule has 0 spiro atoms. The first-order valence-electron chi connectivity index (χ1n) is 11.1. The van der Waals surface area contributed by atoms with Gasteiger partial charge in [0.15, 0.2) is 0 Å². The summed E-state index contributed by atoms with van der Waals surface area (Å²) in [5.41, 5.74) is 0.977. The molecule has 2 saturated heterocycles. The molecule has 0 bridgehead atoms. The molecular formula is C21H34N4O5S. The van der Waals surface area contributed by atoms with Crippen LogP contribution in [0.5, 0.6) is 0 Å². The smallest absolute Gasteiger partial charge is 0.341 e. The number of aryl methyl sites for hydroxylation is 2. The van der Waals surface area contributed by atoms with E-state index in [0.717, 1.165) is 32.7 Å². The van der Waals surface area contributed by atoms with Gasteiger partial charge in [0.1, 0.15) is 10.5 Å². The molecule has 0 radical (unpaired) electrons. The molecule has 1 amide bonds. The molecular weight excluding hydrogens is 420 g/mol. The van der Waals surface area contributed by atoms with E-state index >= 15 is 0 Å². The molecule has 1 N–H and O–H groups in total. The molecule has 0 aliphatic carbocycles. The number of likely N-dealkylation sites (N-methyl/N-ethyl adjacent to an activating group) is 1. The van der Waals surface area contributed by atoms with Crippen molar-refractivity contribution in [3.05, 3.63) is 17.0 Å². The Labute approximate surface area is 184 Å². The number of carbonyl (C=O) groups is 2. The van der Waals surface area contributed by atoms with Crippen LogP contribution in [0.25, 0.3) is 0 Å². The highest BCUT2D eigenvalue weighted by Crippen LogP contribution is 2.31. The first-order valence-corrected chi connectivity index (χ1v) is 12.5. The summed E-state index contributed by atoms with van der Waals surface area (Å²) in [6.07, 6.45) is 0.979. The second-order valence-corrected chi connectivity index (χ2v) is 10.1. The average Bonchev–Trinajstić information content (AvgIpc) is 3.08. The maximum absolute atomic E-state index is 13.4. The summed E-state index contributed by atoms with van der Waals surface area (Å²) in [4.78, 5) is 32.5. The molecule has 1 aromatic rings. The predicted octanol–water partition coefficient (Wildman–Crippen LogP) is 1.37. The Bertz CT molecular complexity index is 910. The summed E-state index contributed by atoms with van der Waals surface area (Å²) in [5, 5.41) is 0. The van der Waals surface area contributed by atoms with E-state index in [0.29, 0.717) is 24.2 Å². The van der Waals surface area contributed by atoms with Gasteiger partial charge in [0.2, 0.25) is 15.9 Å². The van der Waals surface area contributed by atoms with Crippen molar-refractivity contribution in [1.29, 1.82) is 0 Å². The molecule has 2 aliphatic heterocycles. The average molecular weight is 455 g/mol. The van der Waals surface area contributed by atoms with Gasteiger partial charge in [0, 0.05) is 56.6 Å². The van der Waals surface area contributed by atoms with Gasteiger partial charge in [0.25, 0.3) is 0 Å². The monoisotopic (exact) mass is 454 g/mol. The molecule has 9 nitrogen and oxygen atoms in total. The van der Waals surface area contributed by atoms with Gasteiger partial charge in [-0.2, -0.15) is 4.31 Å². The second-order valence-electron chi connectivity index (χ2n) is 8.24. The number of sulfonamides is 1. The van der Waals surface area contributed by atoms with Gasteiger partial charge in [-0.3, -0.25) is 4.79 Å². The van der Waals surface area contributed by atoms with Crippen molar-refractivity contribution in [2.45, 2.75) is 45.4 Å². The van der Waals surface area contributed by atoms with Gasteiger partial charge in [-0.05, 0) is 40.2 Å². The van der Waals surface area contributed by atoms with Crippen LogP contribution in [0.4, 0.5) is 0 Å². The lowest BCUT2D eigenvalue weighted by atomic mass is 9.96. The quantitative estimate of drug-likeness (QED) is 0.652. The lowest BCUT2D eigenvalue weighted by molar-refractivity contribution is -0.138. The van der Waals surface area contributed by atoms with Gasteiger partial charge >= 0.3 is 5.97 Å². The van der Waals surface area contributed by atoms with E-state index in [2.05, 4.69) is 16.8 Å². The third-order valence-electron chi connectivity index (χ3n) is 6.33. The fourth-order valence-corrected chi connectivity index (χ4v) is 6.43. The number of hydrogen-bond donors (Lipinski definition) is 1. The molecule has 3 rings (SSSR count). The second kappa shape index (κ2) is 9.70. The van der Waals surface area contributed by atoms with Crippen LogP contribution >= 0.6 is 0 Å². The van der Waals surface area contributed by atoms with Crippen LogP contribution in [0.3, 0.4) is 0 Å². The molecule has 0 saturated carbocycles. The molecule has 0 unspecified atom stereocenters. The van der Waals surface area contributed by atoms with Gasteiger partial charge in [-0.1, -0.05) is 6.92 Å². The summed E-state index contributed by atoms with van der Waals surface area (Å²) in [5.74, 6) is -0.661. The minimum absolute atomic E-state index is 0.0103. The Balaban J connectivity index is 1.70. The van der Waals surface area contributed by atoms with E-state index in [1.807, 2.05) is 4.90 Å². The van der Waals surface area contributed by atoms with Crippen LogP contribution in [-0.2, 0) is 19.6 Å². The Morgan fingerprint density at radius 2 is 1.61 bits per heavy atom. The summed E-state index contributed by atoms with van der Waals surface area (Å²) in [6, 6.07) is 0. The van der Waals surface area contributed by atoms with Crippen molar-refractivity contribution in [2.24, 2.45) is 5.92 Å². The van der Waals surface area contributed by atoms with Gasteiger partial charge in [-0.25, -0.2) is 13.2 Å². The number of piperidine rings is 1. The minimum Gasteiger partial charge on any atom is -0.462 e. The fraction of sp³-hybridized carbons (Fsp3) is 0.714. The summed E-state index contributed by atoms with van der Waals surface area (Å²) < 4.78 is 33.3. The molecule has 1 aromatic heterocycles. The van der Waals surface area contributed by atoms with Crippen LogP contribution in [0.15, 0.2) is 4.90 Å². The van der Waals surface area contributed by atoms with Crippen molar-refractivity contribution in [3.8, 4) is 0 Å². The number of aromatic amines is 1. The fourth-order valence-electron chi connectivity index (χ4n) is 4.54. The van der Waals surface area contributed by atoms with Crippen LogP contribution in [-0.4, -0.2) is 91.8 Å². The SMILES string of the molecule is CCOC(=O)c1c(C)[nH]c(C)c1S(=O)(=O)N1CCC(C(=O)N2CCN(CC)CC2)CC1. The molecule has 3 heterocycles. The summed E-state index contributed by atoms with van der Waals surface area (Å²) in [7, 11) is -3.88. The lowest BCUT2D eigenvalue weighted by Crippen LogP contribution is -2.51. The van der Waals surface area contributed by atoms with Crippen LogP contribution < -0.4 is 0 Å². The Morgan fingerprint density at radius 3 is 2.16 bits per heavy atom. The minimum atomic E-state index is -3.88. The Hall–Kier alpha value is -1.91. The third kappa shape index (κ3) is 4.80. The number of hydrogen-bond acceptors (Lipinski definition) is 6. The number of ether oxygens (including phenoxy) is 1. The zero-order valence-electron chi connectivity index (χ0n) is 18.9. The largest absolute Gasteiger partial charge is 0.462 e. The Morgan fingerprint density at radius 1 is 1.00 bits per heavy atom. The van der Waals surface area contributed by atoms with Crippen LogP contribution in [0.1, 0.15) is 48.4 Å². The number of rotatable bonds is 6. The van der Waals surface area contributed by atoms with Crippen molar-refractivity contribution < 1.29 is 22.7 Å². The van der Waals surface area contributed by atoms with Crippen molar-refractivity contribution in [1.82, 2.24) is 19.1 Å². The normalized spacial score (nSPS) is 19.5. The van der Waals surface area contributed by atoms with Gasteiger partial charge < -0.3 is 19.5 Å². The maximum Gasteiger partial charge on any atom is 0.341 e. The van der Waals surface area contributed by atoms with Crippen molar-refractivity contribution >= 4 is 21.9 Å². The first-order chi connectivity index (χ1) is 14.7. The van der Waals surface area contributed by atoms with E-state index in [1.54, 1.807) is 20.8 Å². The highest BCUT2D eigenvalue weighted by atomic mass is 32.2. The molecule has 2 fully saturated rings. The van der Waals surface area contributed by atoms with E-state index < -0.39 is 16.0 Å². The Kier molecular flexibility index (Phi) is 7.43. The third-order valence-corrected chi connectivity index (χ3v) is 8.40. The number of H-pyrrole nitrogens is 1. The highest BCUT2D eigenvalue weighted by Gasteiger charge is 2.38. The van der Waals surface area contributed by atoms with Crippen LogP contribution in [0.2, 0.25) is 0 Å². The zero-order valence-corrected chi connectivity index (χ0v) is 19.8. The molecule has 31 heavy (non-hydrogen) atoms. The lowest BCUT2D eigenvalue weighted by Gasteiger charge is -2.38. The van der Waals surface area contributed by atoms with Gasteiger partial charge in [0.05, 0.1) is 6.61 Å². The molecule has 0 atom stereocenters. The molecule has 2 aliphatic rings. The maximum atomic E-state index is 13.4. The predicted molar refractivity (Wildman–Crippen MR) is 116 cm³/mol. The molecule has 174 valence electrons. The standard InChI is InChI=1S/C21H34N4O5S/c1-5-23-11-13-24(14-12-23)20(26)17-7-9-25(10-8-17)31(28,29)19-16(4)22-15(3)18(19)21(27)30-6-2/h17,22H,5-14H2,1-4H3. The number of carbonyl (C=O) groups excluding carboxylic acids is 2. The number of amides is 1. The van der Waals surface area contributed by atoms with Crippen LogP contribution in [0, 0.1) is 19.8 Å². The number of piperazine rings is 1. The zero-order chi connectivity index (χ0) is 22.8. The topological polar surface area (TPSA) is 103 Å². The van der Waals surface area contributed by atoms with E-state index in [1.165, 1.54) is 4.31 Å². The van der Waals surface area contributed by atoms with Gasteiger partial charge in [-0.15, -0.1) is 0 Å². The number of aromatic nitrogens is 1. The highest BCUT2D eigenvalue weighted by molar-refractivity contribution is 7.89. The first kappa shape index (κ1) is 23.7. The molecule has 0 aromatic carbocycles. The summed E-state index contributed by atoms with van der Waals surface area (Å²) in [6.45, 7) is 12.0. The number of nitrogens with zero attached hydrogens (tertiary/aromatic N) is 3. The number of esters is 1. The van der Waals surface area contributed by atoms with Crippen molar-refractivity contribution in [2.75, 3.05) is 52.4 Å². The van der Waals surface area contributed by atoms with E-state index in [4.69, 9.17) is 4.74 Å².